The van der Waals surface area contributed by atoms with E-state index in [0.717, 1.165) is 0 Å². The fourth-order valence-corrected chi connectivity index (χ4v) is 2.23. The van der Waals surface area contributed by atoms with Crippen LogP contribution in [0.2, 0.25) is 0 Å². The van der Waals surface area contributed by atoms with Crippen molar-refractivity contribution < 1.29 is 18.3 Å². The molecule has 0 spiro atoms. The van der Waals surface area contributed by atoms with Crippen molar-refractivity contribution in [2.24, 2.45) is 0 Å². The van der Waals surface area contributed by atoms with E-state index in [1.54, 1.807) is 25.8 Å². The molecule has 0 radical (unpaired) electrons. The molecule has 1 aliphatic heterocycles. The largest absolute Gasteiger partial charge is 0.444 e. The molecular weight excluding hydrogens is 308 g/mol. The summed E-state index contributed by atoms with van der Waals surface area (Å²) in [6, 6.07) is 2.72. The Morgan fingerprint density at radius 1 is 1.26 bits per heavy atom. The maximum absolute atomic E-state index is 13.2. The Morgan fingerprint density at radius 2 is 1.87 bits per heavy atom. The van der Waals surface area contributed by atoms with Crippen LogP contribution in [-0.4, -0.2) is 35.4 Å². The quantitative estimate of drug-likeness (QED) is 0.906. The fraction of sp³-hybridized carbons (Fsp3) is 0.600. The average molecular weight is 329 g/mol. The third-order valence-electron chi connectivity index (χ3n) is 3.31. The topological polar surface area (TPSA) is 63.6 Å². The number of carbonyl (C=O) groups excluding carboxylic acids is 1. The highest BCUT2D eigenvalue weighted by molar-refractivity contribution is 5.84. The molecular formula is C15H21F2N3O3. The number of hydrogen-bond donors (Lipinski definition) is 1. The van der Waals surface area contributed by atoms with Crippen LogP contribution in [0.4, 0.5) is 19.3 Å². The van der Waals surface area contributed by atoms with Crippen molar-refractivity contribution in [2.45, 2.75) is 45.1 Å². The lowest BCUT2D eigenvalue weighted by Crippen LogP contribution is -2.49. The smallest absolute Gasteiger partial charge is 0.412 e. The zero-order chi connectivity index (χ0) is 17.3. The van der Waals surface area contributed by atoms with Crippen LogP contribution in [0.1, 0.15) is 33.6 Å². The van der Waals surface area contributed by atoms with Crippen LogP contribution in [0.3, 0.4) is 0 Å². The number of rotatable bonds is 2. The molecule has 2 heterocycles. The van der Waals surface area contributed by atoms with Gasteiger partial charge < -0.3 is 9.75 Å². The van der Waals surface area contributed by atoms with Gasteiger partial charge in [-0.05, 0) is 26.8 Å². The van der Waals surface area contributed by atoms with Gasteiger partial charge in [-0.3, -0.25) is 10.1 Å². The van der Waals surface area contributed by atoms with Gasteiger partial charge in [0, 0.05) is 32.0 Å². The summed E-state index contributed by atoms with van der Waals surface area (Å²) in [6.07, 6.45) is 0.162. The van der Waals surface area contributed by atoms with Gasteiger partial charge >= 0.3 is 6.09 Å². The summed E-state index contributed by atoms with van der Waals surface area (Å²) in [5.41, 5.74) is -0.627. The van der Waals surface area contributed by atoms with Crippen molar-refractivity contribution >= 4 is 11.8 Å². The first-order chi connectivity index (χ1) is 10.6. The molecule has 23 heavy (non-hydrogen) atoms. The molecule has 0 bridgehead atoms. The number of nitrogens with one attached hydrogen (secondary N) is 1. The number of piperidine rings is 1. The maximum Gasteiger partial charge on any atom is 0.412 e. The summed E-state index contributed by atoms with van der Waals surface area (Å²) in [7, 11) is 0. The minimum atomic E-state index is -2.69. The maximum atomic E-state index is 13.2. The van der Waals surface area contributed by atoms with Gasteiger partial charge in [0.1, 0.15) is 5.60 Å². The SMILES string of the molecule is CC(C)(C)OC(=O)Nc1ccc(=O)n(N2CCC(F)(F)CC2)c1. The Morgan fingerprint density at radius 3 is 2.43 bits per heavy atom. The van der Waals surface area contributed by atoms with E-state index >= 15 is 0 Å². The first-order valence-electron chi connectivity index (χ1n) is 7.42. The third kappa shape index (κ3) is 4.94. The minimum absolute atomic E-state index is 0.0722. The lowest BCUT2D eigenvalue weighted by atomic mass is 10.1. The van der Waals surface area contributed by atoms with Gasteiger partial charge in [0.15, 0.2) is 0 Å². The van der Waals surface area contributed by atoms with Gasteiger partial charge in [0.05, 0.1) is 11.9 Å². The van der Waals surface area contributed by atoms with Gasteiger partial charge in [-0.2, -0.15) is 0 Å². The summed E-state index contributed by atoms with van der Waals surface area (Å²) in [4.78, 5) is 23.7. The predicted octanol–water partition coefficient (Wildman–Crippen LogP) is 2.56. The summed E-state index contributed by atoms with van der Waals surface area (Å²) in [6.45, 7) is 5.36. The van der Waals surface area contributed by atoms with Crippen molar-refractivity contribution in [3.8, 4) is 0 Å². The molecule has 1 N–H and O–H groups in total. The standard InChI is InChI=1S/C15H21F2N3O3/c1-14(2,3)23-13(22)18-11-4-5-12(21)20(10-11)19-8-6-15(16,17)7-9-19/h4-5,10H,6-9H2,1-3H3,(H,18,22). The Hall–Kier alpha value is -2.12. The van der Waals surface area contributed by atoms with Crippen LogP contribution in [0, 0.1) is 0 Å². The van der Waals surface area contributed by atoms with Gasteiger partial charge in [-0.1, -0.05) is 0 Å². The molecule has 1 saturated heterocycles. The molecule has 0 aliphatic carbocycles. The van der Waals surface area contributed by atoms with Crippen LogP contribution in [0.5, 0.6) is 0 Å². The van der Waals surface area contributed by atoms with Crippen LogP contribution in [-0.2, 0) is 4.74 Å². The van der Waals surface area contributed by atoms with Gasteiger partial charge in [-0.15, -0.1) is 0 Å². The van der Waals surface area contributed by atoms with Crippen LogP contribution in [0.25, 0.3) is 0 Å². The highest BCUT2D eigenvalue weighted by Gasteiger charge is 2.34. The number of pyridine rings is 1. The molecule has 8 heteroatoms. The number of hydrogen-bond acceptors (Lipinski definition) is 4. The summed E-state index contributed by atoms with van der Waals surface area (Å²) in [5, 5.41) is 4.07. The molecule has 1 aliphatic rings. The molecule has 1 amide bonds. The average Bonchev–Trinajstić information content (AvgIpc) is 2.39. The highest BCUT2D eigenvalue weighted by atomic mass is 19.3. The normalized spacial score (nSPS) is 17.7. The van der Waals surface area contributed by atoms with E-state index in [-0.39, 0.29) is 31.5 Å². The second-order valence-electron chi connectivity index (χ2n) is 6.54. The molecule has 2 rings (SSSR count). The van der Waals surface area contributed by atoms with Crippen molar-refractivity contribution in [3.05, 3.63) is 28.7 Å². The Balaban J connectivity index is 2.10. The van der Waals surface area contributed by atoms with Crippen LogP contribution >= 0.6 is 0 Å². The number of aromatic nitrogens is 1. The van der Waals surface area contributed by atoms with Gasteiger partial charge in [-0.25, -0.2) is 18.3 Å². The van der Waals surface area contributed by atoms with E-state index in [1.807, 2.05) is 0 Å². The summed E-state index contributed by atoms with van der Waals surface area (Å²) >= 11 is 0. The number of halogens is 2. The molecule has 1 aromatic rings. The van der Waals surface area contributed by atoms with Crippen molar-refractivity contribution in [3.63, 3.8) is 0 Å². The second kappa shape index (κ2) is 6.17. The number of carbonyl (C=O) groups is 1. The van der Waals surface area contributed by atoms with E-state index in [1.165, 1.54) is 23.0 Å². The molecule has 1 fully saturated rings. The minimum Gasteiger partial charge on any atom is -0.444 e. The number of anilines is 1. The third-order valence-corrected chi connectivity index (χ3v) is 3.31. The molecule has 0 aromatic carbocycles. The van der Waals surface area contributed by atoms with E-state index < -0.39 is 17.6 Å². The van der Waals surface area contributed by atoms with E-state index in [0.29, 0.717) is 5.69 Å². The van der Waals surface area contributed by atoms with Crippen LogP contribution in [0.15, 0.2) is 23.1 Å². The number of ether oxygens (including phenoxy) is 1. The lowest BCUT2D eigenvalue weighted by molar-refractivity contribution is -0.0260. The molecule has 6 nitrogen and oxygen atoms in total. The second-order valence-corrected chi connectivity index (χ2v) is 6.54. The highest BCUT2D eigenvalue weighted by Crippen LogP contribution is 2.26. The Bertz CT molecular complexity index is 628. The molecule has 0 unspecified atom stereocenters. The monoisotopic (exact) mass is 329 g/mol. The van der Waals surface area contributed by atoms with Gasteiger partial charge in [0.2, 0.25) is 0 Å². The number of amides is 1. The number of nitrogens with zero attached hydrogens (tertiary/aromatic N) is 2. The zero-order valence-corrected chi connectivity index (χ0v) is 13.4. The van der Waals surface area contributed by atoms with E-state index in [4.69, 9.17) is 4.74 Å². The van der Waals surface area contributed by atoms with Gasteiger partial charge in [0.25, 0.3) is 11.5 Å². The fourth-order valence-electron chi connectivity index (χ4n) is 2.23. The predicted molar refractivity (Wildman–Crippen MR) is 82.7 cm³/mol. The summed E-state index contributed by atoms with van der Waals surface area (Å²) < 4.78 is 32.8. The molecule has 0 saturated carbocycles. The zero-order valence-electron chi connectivity index (χ0n) is 13.4. The van der Waals surface area contributed by atoms with Crippen molar-refractivity contribution in [1.29, 1.82) is 0 Å². The molecule has 1 aromatic heterocycles. The first kappa shape index (κ1) is 17.2. The molecule has 0 atom stereocenters. The summed E-state index contributed by atoms with van der Waals surface area (Å²) in [5.74, 6) is -2.69. The Labute approximate surface area is 133 Å². The lowest BCUT2D eigenvalue weighted by Gasteiger charge is -2.34. The van der Waals surface area contributed by atoms with E-state index in [2.05, 4.69) is 5.32 Å². The Kier molecular flexibility index (Phi) is 4.63. The van der Waals surface area contributed by atoms with Crippen LogP contribution < -0.4 is 15.9 Å². The van der Waals surface area contributed by atoms with Crippen molar-refractivity contribution in [2.75, 3.05) is 23.4 Å². The van der Waals surface area contributed by atoms with Crippen molar-refractivity contribution in [1.82, 2.24) is 4.68 Å². The number of alkyl halides is 2. The molecule has 128 valence electrons. The van der Waals surface area contributed by atoms with E-state index in [9.17, 15) is 18.4 Å². The first-order valence-corrected chi connectivity index (χ1v) is 7.42.